The van der Waals surface area contributed by atoms with Crippen molar-refractivity contribution < 1.29 is 14.6 Å². The molecule has 112 valence electrons. The van der Waals surface area contributed by atoms with Gasteiger partial charge in [-0.25, -0.2) is 9.17 Å². The SMILES string of the molecule is CC(C)(C)OC(=O)N1C[C@H](CO)[C@@](N)(c2ccns2)C1. The van der Waals surface area contributed by atoms with Crippen molar-refractivity contribution >= 4 is 17.6 Å². The first kappa shape index (κ1) is 15.2. The third-order valence-electron chi connectivity index (χ3n) is 3.39. The number of rotatable bonds is 2. The van der Waals surface area contributed by atoms with Crippen LogP contribution in [-0.2, 0) is 10.3 Å². The molecule has 0 aliphatic carbocycles. The Labute approximate surface area is 122 Å². The van der Waals surface area contributed by atoms with E-state index in [2.05, 4.69) is 4.37 Å². The van der Waals surface area contributed by atoms with Gasteiger partial charge in [0.05, 0.1) is 5.54 Å². The topological polar surface area (TPSA) is 88.7 Å². The summed E-state index contributed by atoms with van der Waals surface area (Å²) in [7, 11) is 0. The van der Waals surface area contributed by atoms with Crippen LogP contribution in [0.2, 0.25) is 0 Å². The number of likely N-dealkylation sites (tertiary alicyclic amines) is 1. The number of hydrogen-bond acceptors (Lipinski definition) is 6. The van der Waals surface area contributed by atoms with Crippen LogP contribution in [0, 0.1) is 5.92 Å². The molecule has 2 atom stereocenters. The molecule has 0 spiro atoms. The largest absolute Gasteiger partial charge is 0.444 e. The van der Waals surface area contributed by atoms with E-state index in [9.17, 15) is 9.90 Å². The second-order valence-corrected chi connectivity index (χ2v) is 6.99. The molecule has 1 aromatic heterocycles. The highest BCUT2D eigenvalue weighted by molar-refractivity contribution is 7.05. The Morgan fingerprint density at radius 2 is 2.40 bits per heavy atom. The smallest absolute Gasteiger partial charge is 0.410 e. The molecule has 0 radical (unpaired) electrons. The molecule has 1 aliphatic rings. The van der Waals surface area contributed by atoms with Crippen LogP contribution in [0.3, 0.4) is 0 Å². The number of carbonyl (C=O) groups excluding carboxylic acids is 1. The fourth-order valence-corrected chi connectivity index (χ4v) is 3.12. The van der Waals surface area contributed by atoms with E-state index in [1.807, 2.05) is 26.8 Å². The number of aromatic nitrogens is 1. The van der Waals surface area contributed by atoms with E-state index < -0.39 is 17.2 Å². The quantitative estimate of drug-likeness (QED) is 0.855. The molecule has 0 bridgehead atoms. The number of nitrogens with zero attached hydrogens (tertiary/aromatic N) is 2. The molecular formula is C13H21N3O3S. The van der Waals surface area contributed by atoms with Gasteiger partial charge in [-0.1, -0.05) is 0 Å². The van der Waals surface area contributed by atoms with Gasteiger partial charge in [0.15, 0.2) is 0 Å². The molecule has 1 fully saturated rings. The average Bonchev–Trinajstić information content (AvgIpc) is 2.94. The summed E-state index contributed by atoms with van der Waals surface area (Å²) in [5, 5.41) is 9.56. The second-order valence-electron chi connectivity index (χ2n) is 6.16. The highest BCUT2D eigenvalue weighted by Crippen LogP contribution is 2.36. The third kappa shape index (κ3) is 2.94. The molecule has 1 amide bonds. The standard InChI is InChI=1S/C13H21N3O3S/c1-12(2,3)19-11(18)16-6-9(7-17)13(14,8-16)10-4-5-15-20-10/h4-5,9,17H,6-8,14H2,1-3H3/t9-,13-/m1/s1. The predicted octanol–water partition coefficient (Wildman–Crippen LogP) is 1.16. The van der Waals surface area contributed by atoms with E-state index in [-0.39, 0.29) is 12.5 Å². The fourth-order valence-electron chi connectivity index (χ4n) is 2.36. The van der Waals surface area contributed by atoms with E-state index in [1.165, 1.54) is 11.5 Å². The van der Waals surface area contributed by atoms with Crippen LogP contribution in [0.5, 0.6) is 0 Å². The predicted molar refractivity (Wildman–Crippen MR) is 76.4 cm³/mol. The summed E-state index contributed by atoms with van der Waals surface area (Å²) < 4.78 is 9.42. The first-order valence-corrected chi connectivity index (χ1v) is 7.32. The van der Waals surface area contributed by atoms with E-state index in [0.717, 1.165) is 4.88 Å². The van der Waals surface area contributed by atoms with E-state index in [0.29, 0.717) is 13.1 Å². The summed E-state index contributed by atoms with van der Waals surface area (Å²) in [5.41, 5.74) is 5.13. The number of nitrogens with two attached hydrogens (primary N) is 1. The van der Waals surface area contributed by atoms with Crippen LogP contribution in [0.4, 0.5) is 4.79 Å². The first-order valence-electron chi connectivity index (χ1n) is 6.55. The highest BCUT2D eigenvalue weighted by atomic mass is 32.1. The number of hydrogen-bond donors (Lipinski definition) is 2. The Morgan fingerprint density at radius 1 is 1.70 bits per heavy atom. The summed E-state index contributed by atoms with van der Waals surface area (Å²) in [4.78, 5) is 14.6. The van der Waals surface area contributed by atoms with Gasteiger partial charge in [0, 0.05) is 36.7 Å². The Hall–Kier alpha value is -1.18. The first-order chi connectivity index (χ1) is 9.26. The molecule has 1 saturated heterocycles. The Morgan fingerprint density at radius 3 is 2.90 bits per heavy atom. The summed E-state index contributed by atoms with van der Waals surface area (Å²) in [6.45, 7) is 6.11. The van der Waals surface area contributed by atoms with Gasteiger partial charge in [-0.05, 0) is 38.4 Å². The number of carbonyl (C=O) groups is 1. The molecule has 1 aromatic rings. The lowest BCUT2D eigenvalue weighted by atomic mass is 9.87. The summed E-state index contributed by atoms with van der Waals surface area (Å²) in [5.74, 6) is -0.213. The lowest BCUT2D eigenvalue weighted by Crippen LogP contribution is -2.46. The molecule has 20 heavy (non-hydrogen) atoms. The maximum atomic E-state index is 12.1. The zero-order chi connectivity index (χ0) is 15.0. The molecule has 2 rings (SSSR count). The summed E-state index contributed by atoms with van der Waals surface area (Å²) in [6, 6.07) is 1.84. The fraction of sp³-hybridized carbons (Fsp3) is 0.692. The van der Waals surface area contributed by atoms with E-state index >= 15 is 0 Å². The molecule has 1 aliphatic heterocycles. The van der Waals surface area contributed by atoms with Crippen molar-refractivity contribution in [3.8, 4) is 0 Å². The van der Waals surface area contributed by atoms with Gasteiger partial charge in [0.1, 0.15) is 5.60 Å². The van der Waals surface area contributed by atoms with Crippen LogP contribution < -0.4 is 5.73 Å². The Kier molecular flexibility index (Phi) is 4.04. The van der Waals surface area contributed by atoms with Crippen LogP contribution >= 0.6 is 11.5 Å². The van der Waals surface area contributed by atoms with Crippen molar-refractivity contribution in [3.63, 3.8) is 0 Å². The maximum absolute atomic E-state index is 12.1. The lowest BCUT2D eigenvalue weighted by Gasteiger charge is -2.28. The van der Waals surface area contributed by atoms with Gasteiger partial charge in [-0.2, -0.15) is 0 Å². The molecule has 0 saturated carbocycles. The molecular weight excluding hydrogens is 278 g/mol. The van der Waals surface area contributed by atoms with Crippen LogP contribution in [0.15, 0.2) is 12.3 Å². The van der Waals surface area contributed by atoms with Crippen LogP contribution in [-0.4, -0.2) is 45.8 Å². The minimum absolute atomic E-state index is 0.0757. The highest BCUT2D eigenvalue weighted by Gasteiger charge is 2.48. The third-order valence-corrected chi connectivity index (χ3v) is 4.33. The van der Waals surface area contributed by atoms with Gasteiger partial charge in [0.25, 0.3) is 0 Å². The molecule has 0 unspecified atom stereocenters. The zero-order valence-corrected chi connectivity index (χ0v) is 12.8. The molecule has 6 nitrogen and oxygen atoms in total. The van der Waals surface area contributed by atoms with Crippen LogP contribution in [0.25, 0.3) is 0 Å². The lowest BCUT2D eigenvalue weighted by molar-refractivity contribution is 0.0279. The molecule has 0 aromatic carbocycles. The van der Waals surface area contributed by atoms with Gasteiger partial charge >= 0.3 is 6.09 Å². The average molecular weight is 299 g/mol. The van der Waals surface area contributed by atoms with Gasteiger partial charge in [-0.3, -0.25) is 0 Å². The monoisotopic (exact) mass is 299 g/mol. The summed E-state index contributed by atoms with van der Waals surface area (Å²) in [6.07, 6.45) is 1.28. The molecule has 7 heteroatoms. The summed E-state index contributed by atoms with van der Waals surface area (Å²) >= 11 is 1.30. The zero-order valence-electron chi connectivity index (χ0n) is 12.0. The van der Waals surface area contributed by atoms with E-state index in [1.54, 1.807) is 11.1 Å². The van der Waals surface area contributed by atoms with Crippen LogP contribution in [0.1, 0.15) is 25.6 Å². The molecule has 2 heterocycles. The van der Waals surface area contributed by atoms with Crippen molar-refractivity contribution in [2.45, 2.75) is 31.9 Å². The second kappa shape index (κ2) is 5.31. The Balaban J connectivity index is 2.16. The minimum Gasteiger partial charge on any atom is -0.444 e. The van der Waals surface area contributed by atoms with Crippen molar-refractivity contribution in [2.75, 3.05) is 19.7 Å². The van der Waals surface area contributed by atoms with Gasteiger partial charge < -0.3 is 20.5 Å². The maximum Gasteiger partial charge on any atom is 0.410 e. The van der Waals surface area contributed by atoms with Crippen molar-refractivity contribution in [1.82, 2.24) is 9.27 Å². The van der Waals surface area contributed by atoms with Gasteiger partial charge in [-0.15, -0.1) is 0 Å². The number of ether oxygens (including phenoxy) is 1. The van der Waals surface area contributed by atoms with Crippen molar-refractivity contribution in [3.05, 3.63) is 17.1 Å². The van der Waals surface area contributed by atoms with E-state index in [4.69, 9.17) is 10.5 Å². The normalized spacial score (nSPS) is 26.9. The number of amides is 1. The van der Waals surface area contributed by atoms with Gasteiger partial charge in [0.2, 0.25) is 0 Å². The minimum atomic E-state index is -0.757. The number of aliphatic hydroxyl groups is 1. The van der Waals surface area contributed by atoms with Crippen molar-refractivity contribution in [2.24, 2.45) is 11.7 Å². The van der Waals surface area contributed by atoms with Crippen molar-refractivity contribution in [1.29, 1.82) is 0 Å². The molecule has 3 N–H and O–H groups in total. The Bertz CT molecular complexity index is 472. The number of aliphatic hydroxyl groups excluding tert-OH is 1.